The summed E-state index contributed by atoms with van der Waals surface area (Å²) < 4.78 is 10.2. The summed E-state index contributed by atoms with van der Waals surface area (Å²) in [7, 11) is 1.59. The third kappa shape index (κ3) is 13.4. The van der Waals surface area contributed by atoms with Gasteiger partial charge >= 0.3 is 0 Å². The number of nitrogens with two attached hydrogens (primary N) is 1. The van der Waals surface area contributed by atoms with Crippen LogP contribution in [0.3, 0.4) is 0 Å². The summed E-state index contributed by atoms with van der Waals surface area (Å²) in [4.78, 5) is 12.4. The molecule has 276 valence electrons. The highest BCUT2D eigenvalue weighted by Gasteiger charge is 2.34. The number of allylic oxidation sites excluding steroid dienone is 1. The summed E-state index contributed by atoms with van der Waals surface area (Å²) in [6, 6.07) is 9.74. The number of nitrogens with zero attached hydrogens (tertiary/aromatic N) is 1. The minimum Gasteiger partial charge on any atom is -0.496 e. The Balaban J connectivity index is 0.000000362. The van der Waals surface area contributed by atoms with Gasteiger partial charge in [-0.25, -0.2) is 0 Å². The minimum atomic E-state index is -0.168. The summed E-state index contributed by atoms with van der Waals surface area (Å²) in [5.74, 6) is 0.543. The van der Waals surface area contributed by atoms with Crippen molar-refractivity contribution in [1.29, 1.82) is 5.26 Å². The van der Waals surface area contributed by atoms with Gasteiger partial charge in [0.15, 0.2) is 0 Å². The molecule has 0 atom stereocenters. The molecule has 6 heteroatoms. The molecule has 1 saturated heterocycles. The van der Waals surface area contributed by atoms with Gasteiger partial charge in [0.25, 0.3) is 5.91 Å². The number of methoxy groups -OCH3 is 1. The van der Waals surface area contributed by atoms with Crippen LogP contribution in [-0.4, -0.2) is 39.3 Å². The van der Waals surface area contributed by atoms with E-state index in [2.05, 4.69) is 45.0 Å². The van der Waals surface area contributed by atoms with E-state index in [4.69, 9.17) is 20.5 Å². The third-order valence-corrected chi connectivity index (χ3v) is 11.3. The van der Waals surface area contributed by atoms with Crippen LogP contribution < -0.4 is 15.8 Å². The number of para-hydroxylation sites is 1. The Labute approximate surface area is 301 Å². The van der Waals surface area contributed by atoms with Crippen LogP contribution in [0.4, 0.5) is 0 Å². The summed E-state index contributed by atoms with van der Waals surface area (Å²) in [6.07, 6.45) is 20.8. The first-order valence-corrected chi connectivity index (χ1v) is 18.6. The number of ether oxygens (including phenoxy) is 2. The van der Waals surface area contributed by atoms with Crippen molar-refractivity contribution in [3.05, 3.63) is 66.3 Å². The molecule has 0 spiro atoms. The highest BCUT2D eigenvalue weighted by Crippen LogP contribution is 2.42. The number of benzene rings is 1. The number of amides is 1. The zero-order chi connectivity index (χ0) is 35.5. The zero-order valence-corrected chi connectivity index (χ0v) is 31.0. The van der Waals surface area contributed by atoms with E-state index in [0.29, 0.717) is 23.3 Å². The lowest BCUT2D eigenvalue weighted by Crippen LogP contribution is -2.39. The quantitative estimate of drug-likeness (QED) is 0.267. The lowest BCUT2D eigenvalue weighted by Gasteiger charge is -2.38. The van der Waals surface area contributed by atoms with Crippen LogP contribution in [0.15, 0.2) is 60.7 Å². The number of nitrogens with one attached hydrogen (secondary N) is 1. The highest BCUT2D eigenvalue weighted by molar-refractivity contribution is 5.96. The molecule has 1 aromatic rings. The molecule has 4 fully saturated rings. The molecule has 0 unspecified atom stereocenters. The molecular formula is C43H71N3O3. The molecule has 0 bridgehead atoms. The fourth-order valence-electron chi connectivity index (χ4n) is 7.49. The maximum absolute atomic E-state index is 12.4. The first-order chi connectivity index (χ1) is 23.0. The monoisotopic (exact) mass is 678 g/mol. The molecule has 3 aliphatic carbocycles. The summed E-state index contributed by atoms with van der Waals surface area (Å²) >= 11 is 0. The lowest BCUT2D eigenvalue weighted by atomic mass is 9.70. The van der Waals surface area contributed by atoms with Gasteiger partial charge in [0.2, 0.25) is 0 Å². The molecule has 49 heavy (non-hydrogen) atoms. The van der Waals surface area contributed by atoms with Crippen molar-refractivity contribution < 1.29 is 14.3 Å². The molecule has 0 radical (unpaired) electrons. The van der Waals surface area contributed by atoms with Gasteiger partial charge in [-0.05, 0) is 84.3 Å². The predicted molar refractivity (Wildman–Crippen MR) is 208 cm³/mol. The second-order valence-electron chi connectivity index (χ2n) is 14.7. The maximum Gasteiger partial charge on any atom is 0.255 e. The Bertz CT molecular complexity index is 1180. The Morgan fingerprint density at radius 3 is 1.61 bits per heavy atom. The van der Waals surface area contributed by atoms with Gasteiger partial charge in [-0.15, -0.1) is 0 Å². The van der Waals surface area contributed by atoms with Crippen molar-refractivity contribution in [2.45, 2.75) is 137 Å². The smallest absolute Gasteiger partial charge is 0.255 e. The van der Waals surface area contributed by atoms with E-state index in [1.807, 2.05) is 25.1 Å². The Kier molecular flexibility index (Phi) is 20.5. The SMILES string of the molecule is C.C1CCOC1.C=C(C)C1(C#N)CCCCC1.C=C(C)C1(CN)CCCCC1.C=C(C)C1(CNC(=O)c2ccccc2OC)CCCCC1. The van der Waals surface area contributed by atoms with Crippen molar-refractivity contribution in [3.63, 3.8) is 0 Å². The summed E-state index contributed by atoms with van der Waals surface area (Å²) in [6.45, 7) is 21.7. The summed E-state index contributed by atoms with van der Waals surface area (Å²) in [5, 5.41) is 12.1. The van der Waals surface area contributed by atoms with Crippen LogP contribution in [-0.2, 0) is 4.74 Å². The fourth-order valence-corrected chi connectivity index (χ4v) is 7.49. The number of carbonyl (C=O) groups is 1. The molecule has 0 aromatic heterocycles. The Morgan fingerprint density at radius 2 is 1.27 bits per heavy atom. The average Bonchev–Trinajstić information content (AvgIpc) is 3.73. The van der Waals surface area contributed by atoms with Crippen molar-refractivity contribution >= 4 is 5.91 Å². The van der Waals surface area contributed by atoms with E-state index in [0.717, 1.165) is 51.0 Å². The number of nitriles is 1. The van der Waals surface area contributed by atoms with Crippen LogP contribution in [0.2, 0.25) is 0 Å². The number of hydrogen-bond donors (Lipinski definition) is 2. The van der Waals surface area contributed by atoms with Crippen molar-refractivity contribution in [1.82, 2.24) is 5.32 Å². The molecule has 5 rings (SSSR count). The number of rotatable bonds is 8. The topological polar surface area (TPSA) is 97.4 Å². The maximum atomic E-state index is 12.4. The normalized spacial score (nSPS) is 19.9. The summed E-state index contributed by atoms with van der Waals surface area (Å²) in [5.41, 5.74) is 10.1. The first-order valence-electron chi connectivity index (χ1n) is 18.6. The minimum absolute atomic E-state index is 0. The van der Waals surface area contributed by atoms with Gasteiger partial charge in [-0.3, -0.25) is 4.79 Å². The van der Waals surface area contributed by atoms with E-state index in [9.17, 15) is 4.79 Å². The molecule has 1 amide bonds. The van der Waals surface area contributed by atoms with Gasteiger partial charge < -0.3 is 20.5 Å². The number of carbonyl (C=O) groups excluding carboxylic acids is 1. The second kappa shape index (κ2) is 22.8. The van der Waals surface area contributed by atoms with Gasteiger partial charge in [0.1, 0.15) is 5.75 Å². The third-order valence-electron chi connectivity index (χ3n) is 11.3. The van der Waals surface area contributed by atoms with Crippen molar-refractivity contribution in [2.75, 3.05) is 33.4 Å². The first kappa shape index (κ1) is 44.1. The van der Waals surface area contributed by atoms with Crippen molar-refractivity contribution in [3.8, 4) is 11.8 Å². The average molecular weight is 678 g/mol. The standard InChI is InChI=1S/C18H25NO2.C10H19N.C10H15N.C4H8O.CH4/c1-14(2)18(11-7-4-8-12-18)13-19-17(20)15-9-5-6-10-16(15)21-3;2*1-9(2)10(8-11)6-4-3-5-7-10;1-2-4-5-3-1;/h5-6,9-10H,1,4,7-8,11-13H2,2-3H3,(H,19,20);1,3-8,11H2,2H3;1,3-7H2,2H3;1-4H2;1H4. The number of hydrogen-bond acceptors (Lipinski definition) is 5. The second-order valence-corrected chi connectivity index (χ2v) is 14.7. The van der Waals surface area contributed by atoms with E-state index in [-0.39, 0.29) is 24.2 Å². The lowest BCUT2D eigenvalue weighted by molar-refractivity contribution is 0.0923. The largest absolute Gasteiger partial charge is 0.496 e. The van der Waals surface area contributed by atoms with Gasteiger partial charge in [-0.2, -0.15) is 5.26 Å². The van der Waals surface area contributed by atoms with Gasteiger partial charge in [-0.1, -0.05) is 114 Å². The van der Waals surface area contributed by atoms with Crippen LogP contribution in [0.1, 0.15) is 148 Å². The van der Waals surface area contributed by atoms with Crippen LogP contribution in [0.25, 0.3) is 0 Å². The Morgan fingerprint density at radius 1 is 0.796 bits per heavy atom. The van der Waals surface area contributed by atoms with Crippen LogP contribution >= 0.6 is 0 Å². The molecule has 4 aliphatic rings. The molecule has 3 N–H and O–H groups in total. The zero-order valence-electron chi connectivity index (χ0n) is 31.0. The highest BCUT2D eigenvalue weighted by atomic mass is 16.5. The van der Waals surface area contributed by atoms with E-state index in [1.54, 1.807) is 13.2 Å². The van der Waals surface area contributed by atoms with E-state index < -0.39 is 0 Å². The predicted octanol–water partition coefficient (Wildman–Crippen LogP) is 10.9. The van der Waals surface area contributed by atoms with Gasteiger partial charge in [0, 0.05) is 37.1 Å². The van der Waals surface area contributed by atoms with E-state index >= 15 is 0 Å². The van der Waals surface area contributed by atoms with Crippen LogP contribution in [0, 0.1) is 27.6 Å². The molecular weight excluding hydrogens is 606 g/mol. The Hall–Kier alpha value is -2.88. The molecule has 3 saturated carbocycles. The van der Waals surface area contributed by atoms with Gasteiger partial charge in [0.05, 0.1) is 24.2 Å². The molecule has 1 heterocycles. The molecule has 1 aliphatic heterocycles. The van der Waals surface area contributed by atoms with Crippen molar-refractivity contribution in [2.24, 2.45) is 22.0 Å². The molecule has 6 nitrogen and oxygen atoms in total. The van der Waals surface area contributed by atoms with E-state index in [1.165, 1.54) is 94.6 Å². The fraction of sp³-hybridized carbons (Fsp3) is 0.674. The molecule has 1 aromatic carbocycles. The van der Waals surface area contributed by atoms with Crippen LogP contribution in [0.5, 0.6) is 5.75 Å².